The van der Waals surface area contributed by atoms with Gasteiger partial charge < -0.3 is 9.13 Å². The van der Waals surface area contributed by atoms with Crippen molar-refractivity contribution in [2.45, 2.75) is 0 Å². The summed E-state index contributed by atoms with van der Waals surface area (Å²) in [4.78, 5) is 9.72. The molecule has 0 aliphatic heterocycles. The zero-order valence-electron chi connectivity index (χ0n) is 20.9. The number of benzene rings is 4. The van der Waals surface area contributed by atoms with Gasteiger partial charge in [-0.1, -0.05) is 54.6 Å². The second-order valence-electron chi connectivity index (χ2n) is 9.58. The van der Waals surface area contributed by atoms with Crippen LogP contribution in [0.2, 0.25) is 0 Å². The summed E-state index contributed by atoms with van der Waals surface area (Å²) in [6, 6.07) is 40.5. The minimum Gasteiger partial charge on any atom is -0.322 e. The number of rotatable bonds is 4. The minimum absolute atomic E-state index is 0.950. The molecule has 0 amide bonds. The lowest BCUT2D eigenvalue weighted by atomic mass is 10.1. The van der Waals surface area contributed by atoms with Crippen LogP contribution in [-0.2, 0) is 0 Å². The van der Waals surface area contributed by atoms with Crippen molar-refractivity contribution in [3.05, 3.63) is 134 Å². The highest BCUT2D eigenvalue weighted by Crippen LogP contribution is 2.37. The Labute approximate surface area is 229 Å². The molecule has 4 nitrogen and oxygen atoms in total. The predicted molar refractivity (Wildman–Crippen MR) is 162 cm³/mol. The Morgan fingerprint density at radius 1 is 0.615 bits per heavy atom. The molecule has 0 saturated heterocycles. The third kappa shape index (κ3) is 3.59. The molecule has 4 aromatic carbocycles. The second kappa shape index (κ2) is 8.79. The smallest absolute Gasteiger partial charge is 0.124 e. The molecule has 0 aliphatic rings. The number of thiazole rings is 1. The fourth-order valence-corrected chi connectivity index (χ4v) is 6.45. The summed E-state index contributed by atoms with van der Waals surface area (Å²) in [6.45, 7) is 0. The Hall–Kier alpha value is -5.00. The number of aromatic nitrogens is 4. The molecule has 0 saturated carbocycles. The Bertz CT molecular complexity index is 2100. The molecule has 0 unspecified atom stereocenters. The lowest BCUT2D eigenvalue weighted by molar-refractivity contribution is 1.06. The molecule has 8 rings (SSSR count). The first-order valence-corrected chi connectivity index (χ1v) is 13.7. The zero-order valence-corrected chi connectivity index (χ0v) is 21.7. The van der Waals surface area contributed by atoms with E-state index in [4.69, 9.17) is 9.97 Å². The number of nitrogens with zero attached hydrogens (tertiary/aromatic N) is 4. The van der Waals surface area contributed by atoms with Gasteiger partial charge in [0.15, 0.2) is 0 Å². The largest absolute Gasteiger partial charge is 0.322 e. The van der Waals surface area contributed by atoms with Gasteiger partial charge in [0.05, 0.1) is 32.6 Å². The average molecular weight is 519 g/mol. The van der Waals surface area contributed by atoms with E-state index in [-0.39, 0.29) is 0 Å². The molecule has 0 fully saturated rings. The van der Waals surface area contributed by atoms with Crippen LogP contribution in [0.4, 0.5) is 0 Å². The van der Waals surface area contributed by atoms with Crippen LogP contribution < -0.4 is 0 Å². The van der Waals surface area contributed by atoms with Crippen LogP contribution in [-0.4, -0.2) is 19.1 Å². The van der Waals surface area contributed by atoms with Gasteiger partial charge >= 0.3 is 0 Å². The first-order chi connectivity index (χ1) is 19.3. The molecule has 0 bridgehead atoms. The van der Waals surface area contributed by atoms with E-state index in [9.17, 15) is 0 Å². The predicted octanol–water partition coefficient (Wildman–Crippen LogP) is 8.91. The average Bonchev–Trinajstić information content (AvgIpc) is 3.75. The highest BCUT2D eigenvalue weighted by Gasteiger charge is 2.16. The van der Waals surface area contributed by atoms with Crippen LogP contribution >= 0.6 is 11.3 Å². The molecule has 0 aliphatic carbocycles. The highest BCUT2D eigenvalue weighted by molar-refractivity contribution is 7.21. The number of hydrogen-bond acceptors (Lipinski definition) is 3. The lowest BCUT2D eigenvalue weighted by Gasteiger charge is -2.13. The molecule has 0 radical (unpaired) electrons. The maximum atomic E-state index is 4.93. The van der Waals surface area contributed by atoms with Crippen LogP contribution in [0.5, 0.6) is 0 Å². The number of para-hydroxylation sites is 2. The molecular weight excluding hydrogens is 496 g/mol. The van der Waals surface area contributed by atoms with Crippen molar-refractivity contribution < 1.29 is 0 Å². The van der Waals surface area contributed by atoms with E-state index in [1.807, 2.05) is 30.5 Å². The van der Waals surface area contributed by atoms with Crippen molar-refractivity contribution in [3.63, 3.8) is 0 Å². The summed E-state index contributed by atoms with van der Waals surface area (Å²) in [5.74, 6) is 0. The van der Waals surface area contributed by atoms with E-state index in [0.717, 1.165) is 44.2 Å². The van der Waals surface area contributed by atoms with Gasteiger partial charge in [-0.2, -0.15) is 0 Å². The van der Waals surface area contributed by atoms with Crippen LogP contribution in [0.25, 0.3) is 65.2 Å². The summed E-state index contributed by atoms with van der Waals surface area (Å²) >= 11 is 1.74. The maximum Gasteiger partial charge on any atom is 0.124 e. The Kier molecular flexibility index (Phi) is 4.96. The van der Waals surface area contributed by atoms with E-state index in [1.54, 1.807) is 11.3 Å². The molecule has 0 N–H and O–H groups in total. The Morgan fingerprint density at radius 3 is 2.38 bits per heavy atom. The van der Waals surface area contributed by atoms with Crippen molar-refractivity contribution in [2.24, 2.45) is 0 Å². The first-order valence-electron chi connectivity index (χ1n) is 12.9. The number of pyridine rings is 1. The summed E-state index contributed by atoms with van der Waals surface area (Å²) in [5.41, 5.74) is 8.69. The molecule has 0 atom stereocenters. The van der Waals surface area contributed by atoms with Crippen molar-refractivity contribution in [3.8, 4) is 33.2 Å². The number of hydrogen-bond donors (Lipinski definition) is 0. The molecular formula is C34H22N4S. The zero-order chi connectivity index (χ0) is 25.8. The van der Waals surface area contributed by atoms with Gasteiger partial charge in [-0.15, -0.1) is 11.3 Å². The van der Waals surface area contributed by atoms with Crippen molar-refractivity contribution in [2.75, 3.05) is 0 Å². The Balaban J connectivity index is 1.35. The van der Waals surface area contributed by atoms with E-state index in [1.165, 1.54) is 21.0 Å². The summed E-state index contributed by atoms with van der Waals surface area (Å²) < 4.78 is 5.68. The van der Waals surface area contributed by atoms with Crippen LogP contribution in [0.3, 0.4) is 0 Å². The standard InChI is InChI=1S/C34H22N4S/c1-3-13-29-26(11-1)27-17-16-24(34-36-28-12-2-4-15-32(28)39-34)22-31(27)38(29)25-10-7-9-23(21-25)33-30(14-8-18-35-33)37-19-5-6-20-37/h1-22H. The monoisotopic (exact) mass is 518 g/mol. The molecule has 4 aromatic heterocycles. The fourth-order valence-electron chi connectivity index (χ4n) is 5.49. The summed E-state index contributed by atoms with van der Waals surface area (Å²) in [7, 11) is 0. The minimum atomic E-state index is 0.950. The quantitative estimate of drug-likeness (QED) is 0.233. The van der Waals surface area contributed by atoms with Gasteiger partial charge in [0.2, 0.25) is 0 Å². The van der Waals surface area contributed by atoms with Gasteiger partial charge in [-0.05, 0) is 60.7 Å². The van der Waals surface area contributed by atoms with Gasteiger partial charge in [0.1, 0.15) is 5.01 Å². The van der Waals surface area contributed by atoms with Crippen molar-refractivity contribution in [1.82, 2.24) is 19.1 Å². The topological polar surface area (TPSA) is 35.6 Å². The Morgan fingerprint density at radius 2 is 1.46 bits per heavy atom. The molecule has 39 heavy (non-hydrogen) atoms. The molecule has 8 aromatic rings. The molecule has 5 heteroatoms. The van der Waals surface area contributed by atoms with E-state index in [2.05, 4.69) is 113 Å². The van der Waals surface area contributed by atoms with Gasteiger partial charge in [0, 0.05) is 46.2 Å². The number of fused-ring (bicyclic) bond motifs is 4. The maximum absolute atomic E-state index is 4.93. The molecule has 4 heterocycles. The van der Waals surface area contributed by atoms with Crippen LogP contribution in [0, 0.1) is 0 Å². The SMILES string of the molecule is c1cc(-c2ncccc2-n2cccc2)cc(-n2c3ccccc3c3ccc(-c4nc5ccccc5s4)cc32)c1. The third-order valence-corrected chi connectivity index (χ3v) is 8.35. The van der Waals surface area contributed by atoms with E-state index < -0.39 is 0 Å². The van der Waals surface area contributed by atoms with Crippen molar-refractivity contribution >= 4 is 43.4 Å². The lowest BCUT2D eigenvalue weighted by Crippen LogP contribution is -1.98. The first kappa shape index (κ1) is 22.0. The fraction of sp³-hybridized carbons (Fsp3) is 0. The van der Waals surface area contributed by atoms with E-state index in [0.29, 0.717) is 0 Å². The molecule has 184 valence electrons. The van der Waals surface area contributed by atoms with Gasteiger partial charge in [-0.3, -0.25) is 4.98 Å². The molecule has 0 spiro atoms. The van der Waals surface area contributed by atoms with Gasteiger partial charge in [-0.25, -0.2) is 4.98 Å². The normalized spacial score (nSPS) is 11.6. The van der Waals surface area contributed by atoms with E-state index >= 15 is 0 Å². The third-order valence-electron chi connectivity index (χ3n) is 7.26. The van der Waals surface area contributed by atoms with Crippen molar-refractivity contribution in [1.29, 1.82) is 0 Å². The second-order valence-corrected chi connectivity index (χ2v) is 10.6. The summed E-state index contributed by atoms with van der Waals surface area (Å²) in [5, 5.41) is 3.50. The highest BCUT2D eigenvalue weighted by atomic mass is 32.1. The summed E-state index contributed by atoms with van der Waals surface area (Å²) in [6.07, 6.45) is 5.97. The van der Waals surface area contributed by atoms with Crippen LogP contribution in [0.1, 0.15) is 0 Å². The van der Waals surface area contributed by atoms with Gasteiger partial charge in [0.25, 0.3) is 0 Å². The van der Waals surface area contributed by atoms with Crippen LogP contribution in [0.15, 0.2) is 134 Å².